The van der Waals surface area contributed by atoms with Crippen molar-refractivity contribution in [2.75, 3.05) is 16.7 Å². The highest BCUT2D eigenvalue weighted by Crippen LogP contribution is 2.28. The molecule has 7 heteroatoms. The van der Waals surface area contributed by atoms with E-state index in [9.17, 15) is 4.21 Å². The first-order chi connectivity index (χ1) is 13.9. The van der Waals surface area contributed by atoms with Gasteiger partial charge in [-0.3, -0.25) is 4.21 Å². The molecule has 0 aromatic heterocycles. The highest BCUT2D eigenvalue weighted by molar-refractivity contribution is 8.01. The monoisotopic (exact) mass is 443 g/mol. The predicted octanol–water partition coefficient (Wildman–Crippen LogP) is 5.78. The molecule has 4 N–H and O–H groups in total. The molecule has 29 heavy (non-hydrogen) atoms. The first-order valence-electron chi connectivity index (χ1n) is 9.01. The third-order valence-electron chi connectivity index (χ3n) is 4.39. The summed E-state index contributed by atoms with van der Waals surface area (Å²) < 4.78 is 15.2. The second-order valence-corrected chi connectivity index (χ2v) is 9.14. The van der Waals surface area contributed by atoms with Crippen LogP contribution >= 0.6 is 23.5 Å². The lowest BCUT2D eigenvalue weighted by Crippen LogP contribution is -2.06. The van der Waals surface area contributed by atoms with Gasteiger partial charge >= 0.3 is 0 Å². The van der Waals surface area contributed by atoms with Crippen LogP contribution in [-0.4, -0.2) is 16.2 Å². The van der Waals surface area contributed by atoms with Gasteiger partial charge in [-0.25, -0.2) is 0 Å². The van der Waals surface area contributed by atoms with E-state index in [0.717, 1.165) is 33.0 Å². The molecule has 3 aromatic carbocycles. The molecule has 150 valence electrons. The number of hydrogen-bond donors (Lipinski definition) is 3. The Morgan fingerprint density at radius 3 is 2.59 bits per heavy atom. The smallest absolute Gasteiger partial charge is 0.0538 e. The second-order valence-electron chi connectivity index (χ2n) is 6.51. The Morgan fingerprint density at radius 1 is 1.14 bits per heavy atom. The van der Waals surface area contributed by atoms with Gasteiger partial charge in [-0.15, -0.1) is 0 Å². The summed E-state index contributed by atoms with van der Waals surface area (Å²) in [4.78, 5) is 1.70. The summed E-state index contributed by atoms with van der Waals surface area (Å²) in [5.74, 6) is 0. The van der Waals surface area contributed by atoms with Crippen LogP contribution in [0, 0.1) is 5.41 Å². The number of hydrogen-bond acceptors (Lipinski definition) is 5. The van der Waals surface area contributed by atoms with Crippen LogP contribution in [0.4, 0.5) is 11.4 Å². The lowest BCUT2D eigenvalue weighted by Gasteiger charge is -2.12. The zero-order valence-electron chi connectivity index (χ0n) is 15.9. The number of aryl methyl sites for hydroxylation is 1. The fraction of sp³-hybridized carbons (Fsp3) is 0.136. The summed E-state index contributed by atoms with van der Waals surface area (Å²) in [5.41, 5.74) is 9.88. The first kappa shape index (κ1) is 21.4. The Hall–Kier alpha value is -2.28. The van der Waals surface area contributed by atoms with Crippen molar-refractivity contribution in [3.8, 4) is 0 Å². The lowest BCUT2D eigenvalue weighted by atomic mass is 10.0. The fourth-order valence-electron chi connectivity index (χ4n) is 2.82. The van der Waals surface area contributed by atoms with Crippen LogP contribution in [0.15, 0.2) is 76.5 Å². The molecule has 4 nitrogen and oxygen atoms in total. The van der Waals surface area contributed by atoms with E-state index in [-0.39, 0.29) is 0 Å². The summed E-state index contributed by atoms with van der Waals surface area (Å²) in [6.07, 6.45) is 3.00. The average molecular weight is 444 g/mol. The van der Waals surface area contributed by atoms with E-state index in [1.165, 1.54) is 11.9 Å². The standard InChI is InChI=1S/C22H22ClN3OS2/c1-29(27)22-5-3-2-4-21(22)28-26-17-11-13-20(25)18(14-17)19(24)12-8-15-6-9-16(23)10-7-15/h2-7,9-11,13-14,24,26H,8,12,25H2,1H3. The Morgan fingerprint density at radius 2 is 1.86 bits per heavy atom. The maximum Gasteiger partial charge on any atom is 0.0538 e. The van der Waals surface area contributed by atoms with Crippen molar-refractivity contribution in [3.05, 3.63) is 82.9 Å². The van der Waals surface area contributed by atoms with Crippen LogP contribution in [-0.2, 0) is 17.2 Å². The van der Waals surface area contributed by atoms with Gasteiger partial charge in [0.2, 0.25) is 0 Å². The van der Waals surface area contributed by atoms with Gasteiger partial charge in [0.05, 0.1) is 15.7 Å². The molecule has 0 bridgehead atoms. The molecule has 3 aromatic rings. The molecule has 0 aliphatic rings. The first-order valence-corrected chi connectivity index (χ1v) is 11.8. The van der Waals surface area contributed by atoms with E-state index < -0.39 is 10.8 Å². The largest absolute Gasteiger partial charge is 0.398 e. The fourth-order valence-corrected chi connectivity index (χ4v) is 4.72. The maximum absolute atomic E-state index is 11.9. The molecular weight excluding hydrogens is 422 g/mol. The van der Waals surface area contributed by atoms with Crippen molar-refractivity contribution in [1.82, 2.24) is 0 Å². The minimum atomic E-state index is -1.06. The quantitative estimate of drug-likeness (QED) is 0.234. The number of benzene rings is 3. The van der Waals surface area contributed by atoms with Gasteiger partial charge < -0.3 is 15.9 Å². The van der Waals surface area contributed by atoms with Crippen LogP contribution < -0.4 is 10.5 Å². The van der Waals surface area contributed by atoms with Crippen molar-refractivity contribution in [3.63, 3.8) is 0 Å². The zero-order chi connectivity index (χ0) is 20.8. The number of rotatable bonds is 8. The summed E-state index contributed by atoms with van der Waals surface area (Å²) in [7, 11) is -1.06. The van der Waals surface area contributed by atoms with Crippen molar-refractivity contribution >= 4 is 51.4 Å². The molecule has 0 saturated carbocycles. The van der Waals surface area contributed by atoms with Gasteiger partial charge in [0.15, 0.2) is 0 Å². The molecule has 0 aliphatic heterocycles. The molecular formula is C22H22ClN3OS2. The van der Waals surface area contributed by atoms with E-state index in [0.29, 0.717) is 22.8 Å². The van der Waals surface area contributed by atoms with Crippen LogP contribution in [0.3, 0.4) is 0 Å². The van der Waals surface area contributed by atoms with E-state index in [1.54, 1.807) is 12.3 Å². The zero-order valence-corrected chi connectivity index (χ0v) is 18.3. The second kappa shape index (κ2) is 9.96. The van der Waals surface area contributed by atoms with Gasteiger partial charge in [0.1, 0.15) is 0 Å². The Labute approximate surface area is 183 Å². The molecule has 3 rings (SSSR count). The van der Waals surface area contributed by atoms with E-state index in [1.807, 2.05) is 60.7 Å². The summed E-state index contributed by atoms with van der Waals surface area (Å²) in [6, 6.07) is 20.8. The van der Waals surface area contributed by atoms with Gasteiger partial charge in [-0.05, 0) is 72.8 Å². The molecule has 0 saturated heterocycles. The minimum absolute atomic E-state index is 0.487. The minimum Gasteiger partial charge on any atom is -0.398 e. The molecule has 0 spiro atoms. The number of nitrogens with one attached hydrogen (secondary N) is 2. The van der Waals surface area contributed by atoms with Gasteiger partial charge in [0, 0.05) is 38.8 Å². The lowest BCUT2D eigenvalue weighted by molar-refractivity contribution is 0.685. The summed E-state index contributed by atoms with van der Waals surface area (Å²) in [5, 5.41) is 9.17. The van der Waals surface area contributed by atoms with Crippen molar-refractivity contribution < 1.29 is 4.21 Å². The number of nitrogen functional groups attached to an aromatic ring is 1. The number of anilines is 2. The molecule has 1 unspecified atom stereocenters. The summed E-state index contributed by atoms with van der Waals surface area (Å²) >= 11 is 7.32. The van der Waals surface area contributed by atoms with E-state index in [4.69, 9.17) is 22.7 Å². The number of halogens is 1. The van der Waals surface area contributed by atoms with Crippen molar-refractivity contribution in [1.29, 1.82) is 5.41 Å². The molecule has 1 atom stereocenters. The van der Waals surface area contributed by atoms with Gasteiger partial charge in [-0.1, -0.05) is 35.9 Å². The third-order valence-corrected chi connectivity index (χ3v) is 6.66. The molecule has 0 radical (unpaired) electrons. The molecule has 0 fully saturated rings. The maximum atomic E-state index is 11.9. The Balaban J connectivity index is 1.68. The topological polar surface area (TPSA) is 79.0 Å². The van der Waals surface area contributed by atoms with E-state index >= 15 is 0 Å². The van der Waals surface area contributed by atoms with Crippen molar-refractivity contribution in [2.24, 2.45) is 0 Å². The molecule has 0 aliphatic carbocycles. The normalized spacial score (nSPS) is 11.8. The van der Waals surface area contributed by atoms with Crippen LogP contribution in [0.1, 0.15) is 17.5 Å². The third kappa shape index (κ3) is 5.85. The highest BCUT2D eigenvalue weighted by atomic mass is 35.5. The van der Waals surface area contributed by atoms with Gasteiger partial charge in [0.25, 0.3) is 0 Å². The number of nitrogens with two attached hydrogens (primary N) is 1. The Kier molecular flexibility index (Phi) is 7.36. The van der Waals surface area contributed by atoms with Gasteiger partial charge in [-0.2, -0.15) is 0 Å². The van der Waals surface area contributed by atoms with Crippen molar-refractivity contribution in [2.45, 2.75) is 22.6 Å². The SMILES string of the molecule is CS(=O)c1ccccc1SNc1ccc(N)c(C(=N)CCc2ccc(Cl)cc2)c1. The van der Waals surface area contributed by atoms with E-state index in [2.05, 4.69) is 4.72 Å². The average Bonchev–Trinajstić information content (AvgIpc) is 2.72. The summed E-state index contributed by atoms with van der Waals surface area (Å²) in [6.45, 7) is 0. The highest BCUT2D eigenvalue weighted by Gasteiger charge is 2.10. The predicted molar refractivity (Wildman–Crippen MR) is 126 cm³/mol. The van der Waals surface area contributed by atoms with Crippen LogP contribution in [0.5, 0.6) is 0 Å². The van der Waals surface area contributed by atoms with Crippen LogP contribution in [0.2, 0.25) is 5.02 Å². The molecule has 0 amide bonds. The Bertz CT molecular complexity index is 1040. The van der Waals surface area contributed by atoms with Crippen LogP contribution in [0.25, 0.3) is 0 Å². The molecule has 0 heterocycles.